The van der Waals surface area contributed by atoms with Gasteiger partial charge in [-0.3, -0.25) is 4.79 Å². The van der Waals surface area contributed by atoms with Crippen LogP contribution in [0.25, 0.3) is 17.0 Å². The summed E-state index contributed by atoms with van der Waals surface area (Å²) in [5, 5.41) is 9.08. The Morgan fingerprint density at radius 3 is 2.41 bits per heavy atom. The van der Waals surface area contributed by atoms with Gasteiger partial charge in [-0.25, -0.2) is 4.98 Å². The predicted octanol–water partition coefficient (Wildman–Crippen LogP) is 5.34. The number of pyridine rings is 1. The Bertz CT molecular complexity index is 1470. The van der Waals surface area contributed by atoms with E-state index in [1.807, 2.05) is 60.0 Å². The van der Waals surface area contributed by atoms with Gasteiger partial charge in [0.25, 0.3) is 0 Å². The number of carbonyl (C=O) groups excluding carboxylic acids is 1. The summed E-state index contributed by atoms with van der Waals surface area (Å²) in [4.78, 5) is 17.8. The van der Waals surface area contributed by atoms with Crippen LogP contribution >= 0.6 is 0 Å². The normalized spacial score (nSPS) is 14.8. The van der Waals surface area contributed by atoms with Crippen molar-refractivity contribution < 1.29 is 14.3 Å². The minimum Gasteiger partial charge on any atom is -0.487 e. The zero-order valence-electron chi connectivity index (χ0n) is 19.2. The van der Waals surface area contributed by atoms with Gasteiger partial charge < -0.3 is 13.9 Å². The SMILES string of the molecule is Cc1c(COc2ccc(C3=C(c4ccc(C#N)cc4)OC(C)(C)C3=O)cc2)nc2ccccn12. The van der Waals surface area contributed by atoms with Crippen molar-refractivity contribution in [3.8, 4) is 11.8 Å². The molecule has 0 atom stereocenters. The highest BCUT2D eigenvalue weighted by Crippen LogP contribution is 2.41. The molecule has 2 aromatic heterocycles. The number of nitrogens with zero attached hydrogens (tertiary/aromatic N) is 3. The van der Waals surface area contributed by atoms with Gasteiger partial charge in [0.2, 0.25) is 5.78 Å². The fourth-order valence-corrected chi connectivity index (χ4v) is 4.09. The molecule has 34 heavy (non-hydrogen) atoms. The predicted molar refractivity (Wildman–Crippen MR) is 129 cm³/mol. The Kier molecular flexibility index (Phi) is 5.18. The quantitative estimate of drug-likeness (QED) is 0.411. The Hall–Kier alpha value is -4.37. The number of Topliss-reactive ketones (excluding diaryl/α,β-unsaturated/α-hetero) is 1. The van der Waals surface area contributed by atoms with Crippen LogP contribution < -0.4 is 4.74 Å². The van der Waals surface area contributed by atoms with Crippen molar-refractivity contribution in [3.05, 3.63) is 101 Å². The molecule has 0 fully saturated rings. The van der Waals surface area contributed by atoms with E-state index in [1.165, 1.54) is 0 Å². The molecule has 6 nitrogen and oxygen atoms in total. The van der Waals surface area contributed by atoms with Crippen LogP contribution in [0, 0.1) is 18.3 Å². The number of aromatic nitrogens is 2. The lowest BCUT2D eigenvalue weighted by molar-refractivity contribution is -0.125. The number of rotatable bonds is 5. The van der Waals surface area contributed by atoms with Crippen molar-refractivity contribution >= 4 is 22.8 Å². The summed E-state index contributed by atoms with van der Waals surface area (Å²) < 4.78 is 14.1. The second-order valence-corrected chi connectivity index (χ2v) is 8.72. The molecule has 0 saturated heterocycles. The largest absolute Gasteiger partial charge is 0.487 e. The molecule has 168 valence electrons. The summed E-state index contributed by atoms with van der Waals surface area (Å²) in [7, 11) is 0. The topological polar surface area (TPSA) is 76.6 Å². The zero-order chi connectivity index (χ0) is 23.9. The van der Waals surface area contributed by atoms with Gasteiger partial charge in [0.15, 0.2) is 5.60 Å². The van der Waals surface area contributed by atoms with E-state index in [0.717, 1.165) is 28.2 Å². The Morgan fingerprint density at radius 2 is 1.74 bits per heavy atom. The molecule has 0 bridgehead atoms. The van der Waals surface area contributed by atoms with Crippen molar-refractivity contribution in [3.63, 3.8) is 0 Å². The first-order chi connectivity index (χ1) is 16.4. The lowest BCUT2D eigenvalue weighted by Gasteiger charge is -2.17. The molecule has 0 aliphatic carbocycles. The summed E-state index contributed by atoms with van der Waals surface area (Å²) >= 11 is 0. The van der Waals surface area contributed by atoms with E-state index < -0.39 is 5.60 Å². The summed E-state index contributed by atoms with van der Waals surface area (Å²) in [6.45, 7) is 5.90. The second kappa shape index (κ2) is 8.20. The van der Waals surface area contributed by atoms with Gasteiger partial charge in [-0.15, -0.1) is 0 Å². The smallest absolute Gasteiger partial charge is 0.210 e. The van der Waals surface area contributed by atoms with Crippen molar-refractivity contribution in [2.24, 2.45) is 0 Å². The van der Waals surface area contributed by atoms with Crippen LogP contribution in [0.1, 0.15) is 41.9 Å². The Morgan fingerprint density at radius 1 is 1.03 bits per heavy atom. The number of aryl methyl sites for hydroxylation is 1. The molecular formula is C28H23N3O3. The third-order valence-electron chi connectivity index (χ3n) is 6.02. The molecule has 1 aliphatic heterocycles. The number of carbonyl (C=O) groups is 1. The third kappa shape index (κ3) is 3.71. The number of nitriles is 1. The fourth-order valence-electron chi connectivity index (χ4n) is 4.09. The van der Waals surface area contributed by atoms with Gasteiger partial charge in [0.05, 0.1) is 22.9 Å². The van der Waals surface area contributed by atoms with Crippen LogP contribution in [0.4, 0.5) is 0 Å². The van der Waals surface area contributed by atoms with E-state index in [4.69, 9.17) is 14.7 Å². The molecule has 3 heterocycles. The van der Waals surface area contributed by atoms with Crippen LogP contribution in [0.2, 0.25) is 0 Å². The minimum atomic E-state index is -0.964. The van der Waals surface area contributed by atoms with E-state index in [-0.39, 0.29) is 5.78 Å². The Balaban J connectivity index is 1.41. The number of benzene rings is 2. The van der Waals surface area contributed by atoms with Gasteiger partial charge in [-0.1, -0.05) is 18.2 Å². The van der Waals surface area contributed by atoms with Gasteiger partial charge in [0.1, 0.15) is 23.8 Å². The maximum Gasteiger partial charge on any atom is 0.210 e. The zero-order valence-corrected chi connectivity index (χ0v) is 19.2. The third-order valence-corrected chi connectivity index (χ3v) is 6.02. The van der Waals surface area contributed by atoms with Gasteiger partial charge >= 0.3 is 0 Å². The van der Waals surface area contributed by atoms with E-state index in [9.17, 15) is 4.79 Å². The van der Waals surface area contributed by atoms with Gasteiger partial charge in [-0.2, -0.15) is 5.26 Å². The minimum absolute atomic E-state index is 0.0825. The molecule has 0 amide bonds. The number of hydrogen-bond acceptors (Lipinski definition) is 5. The van der Waals surface area contributed by atoms with Crippen LogP contribution in [-0.2, 0) is 16.1 Å². The lowest BCUT2D eigenvalue weighted by atomic mass is 9.92. The van der Waals surface area contributed by atoms with E-state index >= 15 is 0 Å². The van der Waals surface area contributed by atoms with E-state index in [1.54, 1.807) is 38.1 Å². The van der Waals surface area contributed by atoms with E-state index in [0.29, 0.717) is 29.3 Å². The van der Waals surface area contributed by atoms with E-state index in [2.05, 4.69) is 11.1 Å². The maximum absolute atomic E-state index is 13.2. The monoisotopic (exact) mass is 449 g/mol. The molecule has 2 aromatic carbocycles. The van der Waals surface area contributed by atoms with Crippen molar-refractivity contribution in [2.45, 2.75) is 33.0 Å². The number of ether oxygens (including phenoxy) is 2. The molecule has 1 aliphatic rings. The highest BCUT2D eigenvalue weighted by molar-refractivity contribution is 6.32. The molecule has 4 aromatic rings. The molecule has 5 rings (SSSR count). The standard InChI is InChI=1S/C28H23N3O3/c1-18-23(30-24-6-4-5-15-31(18)24)17-33-22-13-11-20(12-14-22)25-26(34-28(2,3)27(25)32)21-9-7-19(16-29)8-10-21/h4-15H,17H2,1-3H3. The number of hydrogen-bond donors (Lipinski definition) is 0. The number of ketones is 1. The Labute approximate surface area is 197 Å². The highest BCUT2D eigenvalue weighted by atomic mass is 16.5. The molecular weight excluding hydrogens is 426 g/mol. The second-order valence-electron chi connectivity index (χ2n) is 8.72. The van der Waals surface area contributed by atoms with Gasteiger partial charge in [0, 0.05) is 17.5 Å². The average Bonchev–Trinajstić information content (AvgIpc) is 3.30. The first kappa shape index (κ1) is 21.5. The van der Waals surface area contributed by atoms with Gasteiger partial charge in [-0.05, 0) is 74.9 Å². The van der Waals surface area contributed by atoms with Crippen LogP contribution in [0.15, 0.2) is 72.9 Å². The number of imidazole rings is 1. The van der Waals surface area contributed by atoms with Crippen LogP contribution in [0.5, 0.6) is 5.75 Å². The molecule has 0 spiro atoms. The highest BCUT2D eigenvalue weighted by Gasteiger charge is 2.42. The summed E-state index contributed by atoms with van der Waals surface area (Å²) in [6.07, 6.45) is 1.98. The summed E-state index contributed by atoms with van der Waals surface area (Å²) in [5.41, 5.74) is 4.44. The molecule has 0 radical (unpaired) electrons. The van der Waals surface area contributed by atoms with Crippen LogP contribution in [0.3, 0.4) is 0 Å². The lowest BCUT2D eigenvalue weighted by Crippen LogP contribution is -2.29. The first-order valence-electron chi connectivity index (χ1n) is 11.0. The van der Waals surface area contributed by atoms with Crippen molar-refractivity contribution in [1.82, 2.24) is 9.38 Å². The van der Waals surface area contributed by atoms with Crippen molar-refractivity contribution in [1.29, 1.82) is 5.26 Å². The summed E-state index contributed by atoms with van der Waals surface area (Å²) in [5.74, 6) is 1.13. The van der Waals surface area contributed by atoms with Crippen LogP contribution in [-0.4, -0.2) is 20.8 Å². The molecule has 0 saturated carbocycles. The molecule has 6 heteroatoms. The average molecular weight is 450 g/mol. The molecule has 0 unspecified atom stereocenters. The first-order valence-corrected chi connectivity index (χ1v) is 11.0. The fraction of sp³-hybridized carbons (Fsp3) is 0.179. The molecule has 0 N–H and O–H groups in total. The number of fused-ring (bicyclic) bond motifs is 1. The maximum atomic E-state index is 13.2. The summed E-state index contributed by atoms with van der Waals surface area (Å²) in [6, 6.07) is 22.5. The van der Waals surface area contributed by atoms with Crippen molar-refractivity contribution in [2.75, 3.05) is 0 Å².